The summed E-state index contributed by atoms with van der Waals surface area (Å²) in [5.41, 5.74) is 0. The zero-order valence-electron chi connectivity index (χ0n) is 8.11. The average Bonchev–Trinajstić information content (AvgIpc) is 2.17. The Labute approximate surface area is 82.1 Å². The van der Waals surface area contributed by atoms with Crippen LogP contribution in [0.25, 0.3) is 0 Å². The van der Waals surface area contributed by atoms with E-state index in [1.807, 2.05) is 0 Å². The monoisotopic (exact) mass is 248 g/mol. The van der Waals surface area contributed by atoms with E-state index in [1.165, 1.54) is 0 Å². The van der Waals surface area contributed by atoms with Gasteiger partial charge in [0.1, 0.15) is 0 Å². The molecule has 0 bridgehead atoms. The lowest BCUT2D eigenvalue weighted by atomic mass is 10.9. The van der Waals surface area contributed by atoms with E-state index in [2.05, 4.69) is 13.6 Å². The highest BCUT2D eigenvalue weighted by Crippen LogP contribution is 2.55. The van der Waals surface area contributed by atoms with Gasteiger partial charge in [-0.2, -0.15) is 0 Å². The van der Waals surface area contributed by atoms with Gasteiger partial charge in [-0.3, -0.25) is 9.13 Å². The van der Waals surface area contributed by atoms with Crippen LogP contribution in [0.5, 0.6) is 0 Å². The summed E-state index contributed by atoms with van der Waals surface area (Å²) in [6.45, 7) is 0. The Hall–Kier alpha value is 0.260. The van der Waals surface area contributed by atoms with Crippen LogP contribution in [-0.4, -0.2) is 43.3 Å². The molecule has 0 aliphatic carbocycles. The third-order valence-corrected chi connectivity index (χ3v) is 5.23. The lowest BCUT2D eigenvalue weighted by Gasteiger charge is -2.19. The first-order chi connectivity index (χ1) is 6.31. The standard InChI is InChI=1S/C5H14O7P2/c1-10-13(7,11-2)4-5(6)14(8,9)12-3/h5-6H,4H2,1-3H3,(H,8,9). The topological polar surface area (TPSA) is 102 Å². The van der Waals surface area contributed by atoms with Crippen molar-refractivity contribution in [3.8, 4) is 0 Å². The molecule has 2 unspecified atom stereocenters. The van der Waals surface area contributed by atoms with Gasteiger partial charge < -0.3 is 23.6 Å². The molecule has 86 valence electrons. The van der Waals surface area contributed by atoms with Crippen molar-refractivity contribution in [3.63, 3.8) is 0 Å². The molecule has 0 fully saturated rings. The molecular formula is C5H14O7P2. The van der Waals surface area contributed by atoms with E-state index in [0.29, 0.717) is 0 Å². The third-order valence-electron chi connectivity index (χ3n) is 1.58. The molecular weight excluding hydrogens is 234 g/mol. The summed E-state index contributed by atoms with van der Waals surface area (Å²) in [5, 5.41) is 9.20. The molecule has 0 radical (unpaired) electrons. The van der Waals surface area contributed by atoms with Crippen LogP contribution in [0.4, 0.5) is 0 Å². The van der Waals surface area contributed by atoms with E-state index >= 15 is 0 Å². The Morgan fingerprint density at radius 1 is 1.14 bits per heavy atom. The molecule has 0 spiro atoms. The van der Waals surface area contributed by atoms with Gasteiger partial charge in [-0.1, -0.05) is 0 Å². The molecule has 0 aromatic heterocycles. The number of hydrogen-bond acceptors (Lipinski definition) is 6. The summed E-state index contributed by atoms with van der Waals surface area (Å²) < 4.78 is 35.6. The summed E-state index contributed by atoms with van der Waals surface area (Å²) in [5.74, 6) is -1.79. The first kappa shape index (κ1) is 14.3. The maximum atomic E-state index is 11.4. The molecule has 7 nitrogen and oxygen atoms in total. The highest BCUT2D eigenvalue weighted by atomic mass is 31.2. The van der Waals surface area contributed by atoms with Crippen molar-refractivity contribution in [2.24, 2.45) is 0 Å². The smallest absolute Gasteiger partial charge is 0.356 e. The van der Waals surface area contributed by atoms with Gasteiger partial charge in [-0.15, -0.1) is 0 Å². The molecule has 0 aliphatic heterocycles. The van der Waals surface area contributed by atoms with Crippen LogP contribution in [0.1, 0.15) is 0 Å². The zero-order valence-corrected chi connectivity index (χ0v) is 9.90. The number of aliphatic hydroxyl groups is 1. The Morgan fingerprint density at radius 3 is 1.86 bits per heavy atom. The van der Waals surface area contributed by atoms with Crippen molar-refractivity contribution in [1.29, 1.82) is 0 Å². The Bertz CT molecular complexity index is 257. The molecule has 0 aromatic carbocycles. The zero-order chi connectivity index (χ0) is 11.4. The van der Waals surface area contributed by atoms with Crippen molar-refractivity contribution in [3.05, 3.63) is 0 Å². The SMILES string of the molecule is COP(=O)(CC(O)P(=O)(O)OC)OC. The number of aliphatic hydroxyl groups excluding tert-OH is 1. The molecule has 0 aliphatic rings. The van der Waals surface area contributed by atoms with E-state index in [0.717, 1.165) is 21.3 Å². The maximum absolute atomic E-state index is 11.4. The van der Waals surface area contributed by atoms with E-state index in [9.17, 15) is 14.2 Å². The largest absolute Gasteiger partial charge is 0.380 e. The minimum absolute atomic E-state index is 0.596. The van der Waals surface area contributed by atoms with Gasteiger partial charge in [0.25, 0.3) is 0 Å². The number of hydrogen-bond donors (Lipinski definition) is 2. The van der Waals surface area contributed by atoms with Gasteiger partial charge in [0.05, 0.1) is 6.16 Å². The van der Waals surface area contributed by atoms with Crippen LogP contribution < -0.4 is 0 Å². The highest BCUT2D eigenvalue weighted by Gasteiger charge is 2.37. The van der Waals surface area contributed by atoms with Crippen LogP contribution in [0.2, 0.25) is 0 Å². The molecule has 9 heteroatoms. The van der Waals surface area contributed by atoms with Crippen molar-refractivity contribution >= 4 is 15.2 Å². The first-order valence-corrected chi connectivity index (χ1v) is 6.95. The second kappa shape index (κ2) is 5.37. The normalized spacial score (nSPS) is 18.9. The average molecular weight is 248 g/mol. The van der Waals surface area contributed by atoms with Crippen LogP contribution in [0, 0.1) is 0 Å². The summed E-state index contributed by atoms with van der Waals surface area (Å²) >= 11 is 0. The minimum atomic E-state index is -4.16. The molecule has 0 saturated heterocycles. The molecule has 0 rings (SSSR count). The van der Waals surface area contributed by atoms with Gasteiger partial charge in [0.15, 0.2) is 5.85 Å². The molecule has 2 atom stereocenters. The molecule has 2 N–H and O–H groups in total. The van der Waals surface area contributed by atoms with Gasteiger partial charge in [-0.05, 0) is 0 Å². The number of rotatable bonds is 6. The predicted molar refractivity (Wildman–Crippen MR) is 49.3 cm³/mol. The van der Waals surface area contributed by atoms with E-state index in [-0.39, 0.29) is 0 Å². The second-order valence-corrected chi connectivity index (χ2v) is 6.79. The predicted octanol–water partition coefficient (Wildman–Crippen LogP) is 0.622. The highest BCUT2D eigenvalue weighted by molar-refractivity contribution is 7.58. The van der Waals surface area contributed by atoms with Crippen molar-refractivity contribution < 1.29 is 32.7 Å². The van der Waals surface area contributed by atoms with Crippen LogP contribution in [-0.2, 0) is 22.7 Å². The fourth-order valence-electron chi connectivity index (χ4n) is 0.648. The van der Waals surface area contributed by atoms with Crippen LogP contribution in [0.3, 0.4) is 0 Å². The van der Waals surface area contributed by atoms with Crippen LogP contribution >= 0.6 is 15.2 Å². The summed E-state index contributed by atoms with van der Waals surface area (Å²) in [4.78, 5) is 9.00. The van der Waals surface area contributed by atoms with Gasteiger partial charge in [0, 0.05) is 21.3 Å². The summed E-state index contributed by atoms with van der Waals surface area (Å²) in [6, 6.07) is 0. The van der Waals surface area contributed by atoms with Gasteiger partial charge in [-0.25, -0.2) is 0 Å². The Kier molecular flexibility index (Phi) is 5.47. The minimum Gasteiger partial charge on any atom is -0.380 e. The van der Waals surface area contributed by atoms with E-state index in [4.69, 9.17) is 4.89 Å². The Morgan fingerprint density at radius 2 is 1.57 bits per heavy atom. The maximum Gasteiger partial charge on any atom is 0.356 e. The van der Waals surface area contributed by atoms with E-state index < -0.39 is 27.2 Å². The Balaban J connectivity index is 4.53. The van der Waals surface area contributed by atoms with Crippen molar-refractivity contribution in [1.82, 2.24) is 0 Å². The second-order valence-electron chi connectivity index (χ2n) is 2.39. The van der Waals surface area contributed by atoms with E-state index in [1.54, 1.807) is 0 Å². The fraction of sp³-hybridized carbons (Fsp3) is 1.00. The third kappa shape index (κ3) is 3.79. The first-order valence-electron chi connectivity index (χ1n) is 3.58. The lowest BCUT2D eigenvalue weighted by molar-refractivity contribution is 0.190. The van der Waals surface area contributed by atoms with Gasteiger partial charge in [0.2, 0.25) is 0 Å². The van der Waals surface area contributed by atoms with Crippen molar-refractivity contribution in [2.75, 3.05) is 27.5 Å². The van der Waals surface area contributed by atoms with Crippen molar-refractivity contribution in [2.45, 2.75) is 5.85 Å². The molecule has 0 aromatic rings. The summed E-state index contributed by atoms with van der Waals surface area (Å²) in [7, 11) is -4.47. The summed E-state index contributed by atoms with van der Waals surface area (Å²) in [6.07, 6.45) is -0.596. The fourth-order valence-corrected chi connectivity index (χ4v) is 3.16. The molecule has 0 amide bonds. The quantitative estimate of drug-likeness (QED) is 0.664. The van der Waals surface area contributed by atoms with Crippen LogP contribution in [0.15, 0.2) is 0 Å². The molecule has 0 heterocycles. The van der Waals surface area contributed by atoms with Gasteiger partial charge >= 0.3 is 15.2 Å². The lowest BCUT2D eigenvalue weighted by Crippen LogP contribution is -2.15. The molecule has 0 saturated carbocycles. The molecule has 14 heavy (non-hydrogen) atoms.